The van der Waals surface area contributed by atoms with E-state index in [1.807, 2.05) is 24.4 Å². The van der Waals surface area contributed by atoms with E-state index in [2.05, 4.69) is 35.1 Å². The van der Waals surface area contributed by atoms with Crippen molar-refractivity contribution in [2.45, 2.75) is 71.1 Å². The Hall–Kier alpha value is -2.49. The third-order valence-corrected chi connectivity index (χ3v) is 5.47. The highest BCUT2D eigenvalue weighted by Gasteiger charge is 2.17. The Balaban J connectivity index is 1.44. The Kier molecular flexibility index (Phi) is 8.41. The molecule has 0 spiro atoms. The predicted octanol–water partition coefficient (Wildman–Crippen LogP) is 6.79. The summed E-state index contributed by atoms with van der Waals surface area (Å²) in [6, 6.07) is 8.32. The van der Waals surface area contributed by atoms with Gasteiger partial charge in [0, 0.05) is 23.7 Å². The number of aryl methyl sites for hydroxylation is 1. The van der Waals surface area contributed by atoms with Gasteiger partial charge in [-0.2, -0.15) is 0 Å². The van der Waals surface area contributed by atoms with Gasteiger partial charge in [-0.15, -0.1) is 0 Å². The Morgan fingerprint density at radius 2 is 1.72 bits per heavy atom. The highest BCUT2D eigenvalue weighted by molar-refractivity contribution is 6.11. The standard InChI is InChI=1S/C25H35N3O/c1-3-4-5-6-7-8-9-10-11-13-20-15-16-21(27-20)18-24-25(29-2)19-23(28-24)22-14-12-17-26-22/h12,14-19,26-27H,3-11,13H2,1-2H3/b24-18+. The number of nitrogens with zero attached hydrogens (tertiary/aromatic N) is 1. The maximum absolute atomic E-state index is 5.51. The van der Waals surface area contributed by atoms with E-state index in [0.717, 1.165) is 35.0 Å². The maximum atomic E-state index is 5.51. The van der Waals surface area contributed by atoms with Crippen molar-refractivity contribution in [3.05, 3.63) is 65.1 Å². The number of methoxy groups -OCH3 is 1. The number of allylic oxidation sites excluding steroid dienone is 1. The molecule has 0 saturated carbocycles. The van der Waals surface area contributed by atoms with Crippen molar-refractivity contribution >= 4 is 11.8 Å². The molecule has 0 saturated heterocycles. The summed E-state index contributed by atoms with van der Waals surface area (Å²) in [4.78, 5) is 11.4. The molecule has 29 heavy (non-hydrogen) atoms. The SMILES string of the molecule is CCCCCCCCCCCc1ccc(/C=C2/N=C(c3ccc[nH]3)C=C2OC)[nH]1. The number of H-pyrrole nitrogens is 2. The lowest BCUT2D eigenvalue weighted by molar-refractivity contribution is 0.303. The highest BCUT2D eigenvalue weighted by atomic mass is 16.5. The second kappa shape index (κ2) is 11.5. The van der Waals surface area contributed by atoms with E-state index in [-0.39, 0.29) is 0 Å². The van der Waals surface area contributed by atoms with Crippen molar-refractivity contribution in [2.24, 2.45) is 4.99 Å². The minimum Gasteiger partial charge on any atom is -0.494 e. The molecule has 0 unspecified atom stereocenters. The average molecular weight is 394 g/mol. The van der Waals surface area contributed by atoms with E-state index in [9.17, 15) is 0 Å². The molecule has 1 aliphatic heterocycles. The van der Waals surface area contributed by atoms with Crippen molar-refractivity contribution in [3.8, 4) is 0 Å². The molecule has 0 amide bonds. The van der Waals surface area contributed by atoms with Gasteiger partial charge in [-0.1, -0.05) is 58.3 Å². The van der Waals surface area contributed by atoms with Gasteiger partial charge in [0.05, 0.1) is 18.5 Å². The zero-order valence-electron chi connectivity index (χ0n) is 18.0. The molecule has 3 heterocycles. The van der Waals surface area contributed by atoms with Crippen LogP contribution in [0, 0.1) is 0 Å². The summed E-state index contributed by atoms with van der Waals surface area (Å²) in [5.74, 6) is 0.796. The number of hydrogen-bond donors (Lipinski definition) is 2. The third kappa shape index (κ3) is 6.52. The number of aromatic nitrogens is 2. The number of aliphatic imine (C=N–C) groups is 1. The average Bonchev–Trinajstić information content (AvgIpc) is 3.48. The van der Waals surface area contributed by atoms with Crippen molar-refractivity contribution < 1.29 is 4.74 Å². The largest absolute Gasteiger partial charge is 0.494 e. The monoisotopic (exact) mass is 393 g/mol. The van der Waals surface area contributed by atoms with Gasteiger partial charge in [-0.25, -0.2) is 4.99 Å². The van der Waals surface area contributed by atoms with Gasteiger partial charge in [0.1, 0.15) is 11.5 Å². The number of ether oxygens (including phenoxy) is 1. The first-order valence-electron chi connectivity index (χ1n) is 11.2. The highest BCUT2D eigenvalue weighted by Crippen LogP contribution is 2.24. The quantitative estimate of drug-likeness (QED) is 0.362. The van der Waals surface area contributed by atoms with Crippen LogP contribution in [0.1, 0.15) is 81.8 Å². The van der Waals surface area contributed by atoms with Crippen LogP contribution in [0.2, 0.25) is 0 Å². The lowest BCUT2D eigenvalue weighted by Crippen LogP contribution is -1.93. The van der Waals surface area contributed by atoms with Gasteiger partial charge < -0.3 is 14.7 Å². The second-order valence-electron chi connectivity index (χ2n) is 7.84. The van der Waals surface area contributed by atoms with Crippen LogP contribution in [0.3, 0.4) is 0 Å². The van der Waals surface area contributed by atoms with E-state index in [0.29, 0.717) is 0 Å². The van der Waals surface area contributed by atoms with Gasteiger partial charge in [0.25, 0.3) is 0 Å². The number of rotatable bonds is 13. The summed E-state index contributed by atoms with van der Waals surface area (Å²) in [5.41, 5.74) is 5.13. The van der Waals surface area contributed by atoms with Crippen molar-refractivity contribution in [3.63, 3.8) is 0 Å². The van der Waals surface area contributed by atoms with Crippen molar-refractivity contribution in [1.29, 1.82) is 0 Å². The molecule has 0 bridgehead atoms. The first-order chi connectivity index (χ1) is 14.3. The van der Waals surface area contributed by atoms with Gasteiger partial charge in [-0.3, -0.25) is 0 Å². The maximum Gasteiger partial charge on any atom is 0.146 e. The molecule has 4 heteroatoms. The smallest absolute Gasteiger partial charge is 0.146 e. The third-order valence-electron chi connectivity index (χ3n) is 5.47. The molecule has 156 valence electrons. The summed E-state index contributed by atoms with van der Waals surface area (Å²) in [6.07, 6.45) is 19.3. The van der Waals surface area contributed by atoms with Crippen LogP contribution in [0.25, 0.3) is 6.08 Å². The number of hydrogen-bond acceptors (Lipinski definition) is 2. The molecule has 0 fully saturated rings. The normalized spacial score (nSPS) is 15.0. The van der Waals surface area contributed by atoms with Crippen LogP contribution >= 0.6 is 0 Å². The van der Waals surface area contributed by atoms with E-state index in [1.165, 1.54) is 63.5 Å². The molecule has 1 aliphatic rings. The van der Waals surface area contributed by atoms with Gasteiger partial charge in [-0.05, 0) is 43.2 Å². The molecule has 0 aliphatic carbocycles. The van der Waals surface area contributed by atoms with E-state index < -0.39 is 0 Å². The topological polar surface area (TPSA) is 53.2 Å². The van der Waals surface area contributed by atoms with Crippen molar-refractivity contribution in [2.75, 3.05) is 7.11 Å². The first-order valence-corrected chi connectivity index (χ1v) is 11.2. The molecule has 2 N–H and O–H groups in total. The van der Waals surface area contributed by atoms with Crippen molar-refractivity contribution in [1.82, 2.24) is 9.97 Å². The number of unbranched alkanes of at least 4 members (excludes halogenated alkanes) is 8. The Morgan fingerprint density at radius 1 is 0.966 bits per heavy atom. The van der Waals surface area contributed by atoms with Gasteiger partial charge >= 0.3 is 0 Å². The summed E-state index contributed by atoms with van der Waals surface area (Å²) < 4.78 is 5.51. The van der Waals surface area contributed by atoms with E-state index >= 15 is 0 Å². The predicted molar refractivity (Wildman–Crippen MR) is 122 cm³/mol. The number of nitrogens with one attached hydrogen (secondary N) is 2. The summed E-state index contributed by atoms with van der Waals surface area (Å²) in [6.45, 7) is 2.28. The van der Waals surface area contributed by atoms with Gasteiger partial charge in [0.2, 0.25) is 0 Å². The van der Waals surface area contributed by atoms with Gasteiger partial charge in [0.15, 0.2) is 0 Å². The fraction of sp³-hybridized carbons (Fsp3) is 0.480. The lowest BCUT2D eigenvalue weighted by Gasteiger charge is -2.02. The molecule has 4 nitrogen and oxygen atoms in total. The fourth-order valence-corrected chi connectivity index (χ4v) is 3.77. The van der Waals surface area contributed by atoms with Crippen LogP contribution in [0.15, 0.2) is 53.0 Å². The van der Waals surface area contributed by atoms with Crippen LogP contribution in [-0.4, -0.2) is 22.8 Å². The lowest BCUT2D eigenvalue weighted by atomic mass is 10.1. The summed E-state index contributed by atoms with van der Waals surface area (Å²) in [7, 11) is 1.69. The van der Waals surface area contributed by atoms with E-state index in [4.69, 9.17) is 9.73 Å². The van der Waals surface area contributed by atoms with Crippen LogP contribution < -0.4 is 0 Å². The van der Waals surface area contributed by atoms with Crippen LogP contribution in [-0.2, 0) is 11.2 Å². The minimum atomic E-state index is 0.796. The molecule has 2 aromatic rings. The molecule has 0 aromatic carbocycles. The summed E-state index contributed by atoms with van der Waals surface area (Å²) in [5, 5.41) is 0. The Morgan fingerprint density at radius 3 is 2.41 bits per heavy atom. The summed E-state index contributed by atoms with van der Waals surface area (Å²) >= 11 is 0. The fourth-order valence-electron chi connectivity index (χ4n) is 3.77. The van der Waals surface area contributed by atoms with E-state index in [1.54, 1.807) is 7.11 Å². The molecular weight excluding hydrogens is 358 g/mol. The zero-order valence-corrected chi connectivity index (χ0v) is 18.0. The van der Waals surface area contributed by atoms with Crippen LogP contribution in [0.4, 0.5) is 0 Å². The van der Waals surface area contributed by atoms with Crippen LogP contribution in [0.5, 0.6) is 0 Å². The number of aromatic amines is 2. The molecule has 2 aromatic heterocycles. The second-order valence-corrected chi connectivity index (χ2v) is 7.84. The Labute approximate surface area is 175 Å². The zero-order chi connectivity index (χ0) is 20.3. The first kappa shape index (κ1) is 21.2. The Bertz CT molecular complexity index is 824. The molecular formula is C25H35N3O. The molecule has 0 atom stereocenters. The minimum absolute atomic E-state index is 0.796. The molecule has 0 radical (unpaired) electrons. The molecule has 3 rings (SSSR count).